The quantitative estimate of drug-likeness (QED) is 0.791. The molecule has 0 radical (unpaired) electrons. The van der Waals surface area contributed by atoms with Gasteiger partial charge in [-0.05, 0) is 38.1 Å². The standard InChI is InChI=1S/C14H23NO2/c1-5-11(2)17-10-14(15-3)12-6-8-13(16-4)9-7-12/h6-9,11,14-15H,5,10H2,1-4H3. The maximum Gasteiger partial charge on any atom is 0.118 e. The fourth-order valence-corrected chi connectivity index (χ4v) is 1.56. The van der Waals surface area contributed by atoms with Crippen LogP contribution in [0.1, 0.15) is 31.9 Å². The van der Waals surface area contributed by atoms with E-state index in [2.05, 4.69) is 31.3 Å². The highest BCUT2D eigenvalue weighted by Crippen LogP contribution is 2.18. The molecular formula is C14H23NO2. The molecule has 0 aliphatic carbocycles. The minimum absolute atomic E-state index is 0.231. The van der Waals surface area contributed by atoms with Gasteiger partial charge < -0.3 is 14.8 Å². The van der Waals surface area contributed by atoms with Crippen molar-refractivity contribution in [2.75, 3.05) is 20.8 Å². The van der Waals surface area contributed by atoms with Gasteiger partial charge in [0, 0.05) is 0 Å². The van der Waals surface area contributed by atoms with Gasteiger partial charge in [-0.2, -0.15) is 0 Å². The summed E-state index contributed by atoms with van der Waals surface area (Å²) < 4.78 is 10.9. The topological polar surface area (TPSA) is 30.5 Å². The second kappa shape index (κ2) is 7.30. The molecule has 0 bridgehead atoms. The van der Waals surface area contributed by atoms with Crippen LogP contribution in [0.4, 0.5) is 0 Å². The molecule has 1 aromatic carbocycles. The Balaban J connectivity index is 2.59. The van der Waals surface area contributed by atoms with Gasteiger partial charge in [0.15, 0.2) is 0 Å². The number of likely N-dealkylation sites (N-methyl/N-ethyl adjacent to an activating group) is 1. The zero-order valence-electron chi connectivity index (χ0n) is 11.2. The Morgan fingerprint density at radius 2 is 1.88 bits per heavy atom. The first-order chi connectivity index (χ1) is 8.21. The molecule has 3 heteroatoms. The summed E-state index contributed by atoms with van der Waals surface area (Å²) in [5, 5.41) is 3.27. The number of ether oxygens (including phenoxy) is 2. The average Bonchev–Trinajstić information content (AvgIpc) is 2.39. The van der Waals surface area contributed by atoms with Crippen molar-refractivity contribution in [1.82, 2.24) is 5.32 Å². The van der Waals surface area contributed by atoms with E-state index in [0.29, 0.717) is 12.7 Å². The fourth-order valence-electron chi connectivity index (χ4n) is 1.56. The van der Waals surface area contributed by atoms with Gasteiger partial charge in [-0.1, -0.05) is 19.1 Å². The van der Waals surface area contributed by atoms with Gasteiger partial charge in [0.05, 0.1) is 25.9 Å². The first-order valence-corrected chi connectivity index (χ1v) is 6.14. The highest BCUT2D eigenvalue weighted by atomic mass is 16.5. The van der Waals surface area contributed by atoms with E-state index in [9.17, 15) is 0 Å². The Kier molecular flexibility index (Phi) is 6.01. The van der Waals surface area contributed by atoms with Crippen molar-refractivity contribution >= 4 is 0 Å². The number of methoxy groups -OCH3 is 1. The van der Waals surface area contributed by atoms with Crippen molar-refractivity contribution in [1.29, 1.82) is 0 Å². The van der Waals surface area contributed by atoms with Crippen LogP contribution < -0.4 is 10.1 Å². The Morgan fingerprint density at radius 3 is 2.35 bits per heavy atom. The summed E-state index contributed by atoms with van der Waals surface area (Å²) >= 11 is 0. The van der Waals surface area contributed by atoms with Crippen molar-refractivity contribution < 1.29 is 9.47 Å². The summed E-state index contributed by atoms with van der Waals surface area (Å²) in [5.41, 5.74) is 1.22. The molecule has 0 amide bonds. The molecule has 17 heavy (non-hydrogen) atoms. The van der Waals surface area contributed by atoms with E-state index >= 15 is 0 Å². The Labute approximate surface area is 104 Å². The number of benzene rings is 1. The lowest BCUT2D eigenvalue weighted by molar-refractivity contribution is 0.0487. The fraction of sp³-hybridized carbons (Fsp3) is 0.571. The molecule has 1 rings (SSSR count). The molecule has 0 spiro atoms. The average molecular weight is 237 g/mol. The molecule has 2 atom stereocenters. The number of hydrogen-bond acceptors (Lipinski definition) is 3. The summed E-state index contributed by atoms with van der Waals surface area (Å²) in [6.07, 6.45) is 1.35. The van der Waals surface area contributed by atoms with Gasteiger partial charge in [0.2, 0.25) is 0 Å². The van der Waals surface area contributed by atoms with E-state index in [0.717, 1.165) is 12.2 Å². The summed E-state index contributed by atoms with van der Waals surface area (Å²) in [6.45, 7) is 4.92. The molecule has 0 aromatic heterocycles. The van der Waals surface area contributed by atoms with Crippen molar-refractivity contribution in [2.24, 2.45) is 0 Å². The molecular weight excluding hydrogens is 214 g/mol. The van der Waals surface area contributed by atoms with Gasteiger partial charge in [-0.25, -0.2) is 0 Å². The predicted molar refractivity (Wildman–Crippen MR) is 70.5 cm³/mol. The molecule has 2 unspecified atom stereocenters. The van der Waals surface area contributed by atoms with Crippen LogP contribution in [0.2, 0.25) is 0 Å². The summed E-state index contributed by atoms with van der Waals surface area (Å²) in [4.78, 5) is 0. The van der Waals surface area contributed by atoms with Gasteiger partial charge in [0.25, 0.3) is 0 Å². The zero-order chi connectivity index (χ0) is 12.7. The Hall–Kier alpha value is -1.06. The second-order valence-electron chi connectivity index (χ2n) is 4.17. The molecule has 96 valence electrons. The minimum Gasteiger partial charge on any atom is -0.497 e. The SMILES string of the molecule is CCC(C)OCC(NC)c1ccc(OC)cc1. The van der Waals surface area contributed by atoms with E-state index in [-0.39, 0.29) is 6.04 Å². The maximum atomic E-state index is 5.76. The van der Waals surface area contributed by atoms with Crippen LogP contribution in [0.15, 0.2) is 24.3 Å². The molecule has 0 saturated heterocycles. The van der Waals surface area contributed by atoms with Crippen molar-refractivity contribution in [3.63, 3.8) is 0 Å². The monoisotopic (exact) mass is 237 g/mol. The molecule has 0 fully saturated rings. The molecule has 1 N–H and O–H groups in total. The Bertz CT molecular complexity index is 311. The van der Waals surface area contributed by atoms with Crippen molar-refractivity contribution in [2.45, 2.75) is 32.4 Å². The van der Waals surface area contributed by atoms with Gasteiger partial charge in [-0.3, -0.25) is 0 Å². The third-order valence-corrected chi connectivity index (χ3v) is 2.99. The summed E-state index contributed by atoms with van der Waals surface area (Å²) in [6, 6.07) is 8.32. The van der Waals surface area contributed by atoms with Crippen LogP contribution in [-0.4, -0.2) is 26.9 Å². The summed E-state index contributed by atoms with van der Waals surface area (Å²) in [7, 11) is 3.63. The van der Waals surface area contributed by atoms with Crippen LogP contribution in [0, 0.1) is 0 Å². The van der Waals surface area contributed by atoms with E-state index in [4.69, 9.17) is 9.47 Å². The smallest absolute Gasteiger partial charge is 0.118 e. The second-order valence-corrected chi connectivity index (χ2v) is 4.17. The Morgan fingerprint density at radius 1 is 1.24 bits per heavy atom. The van der Waals surface area contributed by atoms with Crippen LogP contribution in [0.25, 0.3) is 0 Å². The van der Waals surface area contributed by atoms with Crippen LogP contribution >= 0.6 is 0 Å². The maximum absolute atomic E-state index is 5.76. The van der Waals surface area contributed by atoms with Gasteiger partial charge in [0.1, 0.15) is 5.75 Å². The molecule has 0 aliphatic rings. The number of hydrogen-bond donors (Lipinski definition) is 1. The first-order valence-electron chi connectivity index (χ1n) is 6.14. The van der Waals surface area contributed by atoms with Crippen LogP contribution in [0.5, 0.6) is 5.75 Å². The lowest BCUT2D eigenvalue weighted by Crippen LogP contribution is -2.24. The third kappa shape index (κ3) is 4.36. The summed E-state index contributed by atoms with van der Waals surface area (Å²) in [5.74, 6) is 0.881. The lowest BCUT2D eigenvalue weighted by atomic mass is 10.1. The van der Waals surface area contributed by atoms with E-state index in [1.54, 1.807) is 7.11 Å². The van der Waals surface area contributed by atoms with E-state index < -0.39 is 0 Å². The molecule has 0 aliphatic heterocycles. The third-order valence-electron chi connectivity index (χ3n) is 2.99. The van der Waals surface area contributed by atoms with E-state index in [1.165, 1.54) is 5.56 Å². The van der Waals surface area contributed by atoms with Gasteiger partial charge >= 0.3 is 0 Å². The van der Waals surface area contributed by atoms with Crippen LogP contribution in [-0.2, 0) is 4.74 Å². The number of nitrogens with one attached hydrogen (secondary N) is 1. The van der Waals surface area contributed by atoms with E-state index in [1.807, 2.05) is 19.2 Å². The highest BCUT2D eigenvalue weighted by Gasteiger charge is 2.10. The zero-order valence-corrected chi connectivity index (χ0v) is 11.2. The first kappa shape index (κ1) is 14.0. The normalized spacial score (nSPS) is 14.4. The molecule has 3 nitrogen and oxygen atoms in total. The van der Waals surface area contributed by atoms with Crippen molar-refractivity contribution in [3.05, 3.63) is 29.8 Å². The lowest BCUT2D eigenvalue weighted by Gasteiger charge is -2.19. The predicted octanol–water partition coefficient (Wildman–Crippen LogP) is 2.77. The molecule has 0 saturated carbocycles. The minimum atomic E-state index is 0.231. The molecule has 0 heterocycles. The molecule has 1 aromatic rings. The van der Waals surface area contributed by atoms with Gasteiger partial charge in [-0.15, -0.1) is 0 Å². The number of rotatable bonds is 7. The highest BCUT2D eigenvalue weighted by molar-refractivity contribution is 5.29. The van der Waals surface area contributed by atoms with Crippen LogP contribution in [0.3, 0.4) is 0 Å². The van der Waals surface area contributed by atoms with Crippen molar-refractivity contribution in [3.8, 4) is 5.75 Å². The largest absolute Gasteiger partial charge is 0.497 e.